The third-order valence-corrected chi connectivity index (χ3v) is 4.87. The molecule has 1 aliphatic heterocycles. The molecule has 116 valence electrons. The summed E-state index contributed by atoms with van der Waals surface area (Å²) in [5.74, 6) is 5.85. The first-order valence-electron chi connectivity index (χ1n) is 7.90. The zero-order valence-electron chi connectivity index (χ0n) is 13.1. The Hall–Kier alpha value is -1.39. The lowest BCUT2D eigenvalue weighted by atomic mass is 9.88. The summed E-state index contributed by atoms with van der Waals surface area (Å²) >= 11 is 0. The van der Waals surface area contributed by atoms with Crippen LogP contribution in [-0.2, 0) is 11.2 Å². The van der Waals surface area contributed by atoms with Crippen LogP contribution in [0.5, 0.6) is 0 Å². The maximum absolute atomic E-state index is 11.6. The van der Waals surface area contributed by atoms with Gasteiger partial charge in [0.2, 0.25) is 5.91 Å². The van der Waals surface area contributed by atoms with Crippen molar-refractivity contribution in [3.05, 3.63) is 35.9 Å². The van der Waals surface area contributed by atoms with Gasteiger partial charge in [0.15, 0.2) is 0 Å². The first kappa shape index (κ1) is 16.0. The fourth-order valence-corrected chi connectivity index (χ4v) is 3.18. The number of hydrazine groups is 1. The minimum absolute atomic E-state index is 0.0688. The van der Waals surface area contributed by atoms with E-state index in [9.17, 15) is 4.79 Å². The van der Waals surface area contributed by atoms with Gasteiger partial charge < -0.3 is 0 Å². The van der Waals surface area contributed by atoms with Crippen molar-refractivity contribution < 1.29 is 4.79 Å². The predicted octanol–water partition coefficient (Wildman–Crippen LogP) is 1.96. The molecule has 0 bridgehead atoms. The number of rotatable bonds is 5. The highest BCUT2D eigenvalue weighted by Crippen LogP contribution is 2.24. The van der Waals surface area contributed by atoms with Gasteiger partial charge in [-0.2, -0.15) is 0 Å². The summed E-state index contributed by atoms with van der Waals surface area (Å²) in [6, 6.07) is 11.0. The van der Waals surface area contributed by atoms with Gasteiger partial charge in [-0.25, -0.2) is 5.84 Å². The number of hydrogen-bond donors (Lipinski definition) is 2. The Labute approximate surface area is 127 Å². The molecule has 1 aromatic carbocycles. The van der Waals surface area contributed by atoms with Crippen LogP contribution < -0.4 is 11.3 Å². The van der Waals surface area contributed by atoms with Crippen LogP contribution in [0.3, 0.4) is 0 Å². The van der Waals surface area contributed by atoms with Crippen LogP contribution in [0.15, 0.2) is 30.3 Å². The second-order valence-electron chi connectivity index (χ2n) is 6.21. The van der Waals surface area contributed by atoms with E-state index in [1.807, 2.05) is 6.92 Å². The van der Waals surface area contributed by atoms with Crippen LogP contribution in [0.2, 0.25) is 0 Å². The average molecular weight is 289 g/mol. The molecule has 1 aromatic rings. The third kappa shape index (κ3) is 4.29. The van der Waals surface area contributed by atoms with Gasteiger partial charge in [-0.3, -0.25) is 15.1 Å². The number of carbonyl (C=O) groups excluding carboxylic acids is 1. The number of nitrogens with zero attached hydrogens (tertiary/aromatic N) is 1. The number of piperidine rings is 1. The molecule has 0 aliphatic carbocycles. The summed E-state index contributed by atoms with van der Waals surface area (Å²) in [7, 11) is 0. The summed E-state index contributed by atoms with van der Waals surface area (Å²) in [5, 5.41) is 0. The van der Waals surface area contributed by atoms with Crippen LogP contribution in [0.1, 0.15) is 32.3 Å². The first-order valence-corrected chi connectivity index (χ1v) is 7.90. The Morgan fingerprint density at radius 2 is 1.90 bits per heavy atom. The van der Waals surface area contributed by atoms with E-state index in [4.69, 9.17) is 5.84 Å². The maximum atomic E-state index is 11.6. The molecule has 0 radical (unpaired) electrons. The molecular formula is C17H27N3O. The first-order chi connectivity index (χ1) is 10.1. The van der Waals surface area contributed by atoms with Crippen molar-refractivity contribution in [2.45, 2.75) is 39.2 Å². The SMILES string of the molecule is CC(C(=O)NN)C(C)N1CCC(Cc2ccccc2)CC1. The molecule has 1 saturated heterocycles. The molecule has 1 aliphatic rings. The zero-order valence-corrected chi connectivity index (χ0v) is 13.1. The highest BCUT2D eigenvalue weighted by Gasteiger charge is 2.28. The maximum Gasteiger partial charge on any atom is 0.238 e. The lowest BCUT2D eigenvalue weighted by Gasteiger charge is -2.38. The van der Waals surface area contributed by atoms with E-state index >= 15 is 0 Å². The van der Waals surface area contributed by atoms with Gasteiger partial charge >= 0.3 is 0 Å². The van der Waals surface area contributed by atoms with Gasteiger partial charge in [-0.15, -0.1) is 0 Å². The van der Waals surface area contributed by atoms with E-state index < -0.39 is 0 Å². The molecule has 3 N–H and O–H groups in total. The fraction of sp³-hybridized carbons (Fsp3) is 0.588. The van der Waals surface area contributed by atoms with Crippen LogP contribution >= 0.6 is 0 Å². The summed E-state index contributed by atoms with van der Waals surface area (Å²) in [4.78, 5) is 14.1. The number of carbonyl (C=O) groups is 1. The Kier molecular flexibility index (Phi) is 5.76. The van der Waals surface area contributed by atoms with E-state index in [0.29, 0.717) is 0 Å². The number of amides is 1. The molecule has 1 heterocycles. The van der Waals surface area contributed by atoms with E-state index in [1.54, 1.807) is 0 Å². The van der Waals surface area contributed by atoms with Crippen LogP contribution in [0, 0.1) is 11.8 Å². The van der Waals surface area contributed by atoms with Crippen molar-refractivity contribution in [1.29, 1.82) is 0 Å². The van der Waals surface area contributed by atoms with Gasteiger partial charge in [0.25, 0.3) is 0 Å². The molecular weight excluding hydrogens is 262 g/mol. The van der Waals surface area contributed by atoms with Gasteiger partial charge in [0.1, 0.15) is 0 Å². The van der Waals surface area contributed by atoms with Crippen molar-refractivity contribution >= 4 is 5.91 Å². The second kappa shape index (κ2) is 7.57. The zero-order chi connectivity index (χ0) is 15.2. The smallest absolute Gasteiger partial charge is 0.238 e. The Bertz CT molecular complexity index is 441. The molecule has 4 nitrogen and oxygen atoms in total. The van der Waals surface area contributed by atoms with E-state index in [-0.39, 0.29) is 17.9 Å². The number of benzene rings is 1. The number of likely N-dealkylation sites (tertiary alicyclic amines) is 1. The van der Waals surface area contributed by atoms with E-state index in [1.165, 1.54) is 24.8 Å². The van der Waals surface area contributed by atoms with Crippen molar-refractivity contribution in [3.8, 4) is 0 Å². The second-order valence-corrected chi connectivity index (χ2v) is 6.21. The van der Waals surface area contributed by atoms with Crippen molar-refractivity contribution in [3.63, 3.8) is 0 Å². The third-order valence-electron chi connectivity index (χ3n) is 4.87. The lowest BCUT2D eigenvalue weighted by Crippen LogP contribution is -2.48. The average Bonchev–Trinajstić information content (AvgIpc) is 2.54. The molecule has 21 heavy (non-hydrogen) atoms. The van der Waals surface area contributed by atoms with Crippen molar-refractivity contribution in [2.75, 3.05) is 13.1 Å². The van der Waals surface area contributed by atoms with Crippen molar-refractivity contribution in [1.82, 2.24) is 10.3 Å². The van der Waals surface area contributed by atoms with E-state index in [0.717, 1.165) is 19.0 Å². The summed E-state index contributed by atoms with van der Waals surface area (Å²) < 4.78 is 0. The Balaban J connectivity index is 1.81. The van der Waals surface area contributed by atoms with Gasteiger partial charge in [0, 0.05) is 6.04 Å². The topological polar surface area (TPSA) is 58.4 Å². The highest BCUT2D eigenvalue weighted by atomic mass is 16.2. The molecule has 2 unspecified atom stereocenters. The number of hydrogen-bond acceptors (Lipinski definition) is 3. The number of nitrogens with two attached hydrogens (primary N) is 1. The summed E-state index contributed by atoms with van der Waals surface area (Å²) in [6.07, 6.45) is 3.58. The van der Waals surface area contributed by atoms with Gasteiger partial charge in [0.05, 0.1) is 5.92 Å². The minimum Gasteiger partial charge on any atom is -0.300 e. The summed E-state index contributed by atoms with van der Waals surface area (Å²) in [6.45, 7) is 6.21. The molecule has 4 heteroatoms. The monoisotopic (exact) mass is 289 g/mol. The van der Waals surface area contributed by atoms with Gasteiger partial charge in [-0.05, 0) is 50.8 Å². The molecule has 1 amide bonds. The molecule has 0 saturated carbocycles. The standard InChI is InChI=1S/C17H27N3O/c1-13(17(21)19-18)14(2)20-10-8-16(9-11-20)12-15-6-4-3-5-7-15/h3-7,13-14,16H,8-12,18H2,1-2H3,(H,19,21). The fourth-order valence-electron chi connectivity index (χ4n) is 3.18. The molecule has 2 rings (SSSR count). The van der Waals surface area contributed by atoms with Gasteiger partial charge in [-0.1, -0.05) is 37.3 Å². The van der Waals surface area contributed by atoms with Crippen LogP contribution in [0.25, 0.3) is 0 Å². The minimum atomic E-state index is -0.0751. The number of nitrogens with one attached hydrogen (secondary N) is 1. The quantitative estimate of drug-likeness (QED) is 0.495. The highest BCUT2D eigenvalue weighted by molar-refractivity contribution is 5.78. The Morgan fingerprint density at radius 3 is 2.48 bits per heavy atom. The molecule has 0 aromatic heterocycles. The predicted molar refractivity (Wildman–Crippen MR) is 85.4 cm³/mol. The van der Waals surface area contributed by atoms with Crippen LogP contribution in [-0.4, -0.2) is 29.9 Å². The van der Waals surface area contributed by atoms with Crippen LogP contribution in [0.4, 0.5) is 0 Å². The summed E-state index contributed by atoms with van der Waals surface area (Å²) in [5.41, 5.74) is 3.69. The normalized spacial score (nSPS) is 20.0. The molecule has 1 fully saturated rings. The molecule has 2 atom stereocenters. The molecule has 0 spiro atoms. The van der Waals surface area contributed by atoms with E-state index in [2.05, 4.69) is 47.6 Å². The Morgan fingerprint density at radius 1 is 1.29 bits per heavy atom. The van der Waals surface area contributed by atoms with Crippen molar-refractivity contribution in [2.24, 2.45) is 17.7 Å². The lowest BCUT2D eigenvalue weighted by molar-refractivity contribution is -0.126. The largest absolute Gasteiger partial charge is 0.300 e.